The molecule has 3 aliphatic rings. The van der Waals surface area contributed by atoms with Crippen LogP contribution in [0.1, 0.15) is 58.8 Å². The highest BCUT2D eigenvalue weighted by Crippen LogP contribution is 2.33. The summed E-state index contributed by atoms with van der Waals surface area (Å²) >= 11 is 0. The molecule has 2 heterocycles. The van der Waals surface area contributed by atoms with Gasteiger partial charge in [0.05, 0.1) is 6.04 Å². The lowest BCUT2D eigenvalue weighted by Gasteiger charge is -2.43. The van der Waals surface area contributed by atoms with Gasteiger partial charge < -0.3 is 10.2 Å². The zero-order chi connectivity index (χ0) is 14.1. The largest absolute Gasteiger partial charge is 0.341 e. The van der Waals surface area contributed by atoms with Crippen molar-refractivity contribution in [2.24, 2.45) is 17.8 Å². The summed E-state index contributed by atoms with van der Waals surface area (Å²) in [5, 5.41) is 3.69. The number of fused-ring (bicyclic) bond motifs is 1. The SMILES string of the molecule is CC1CCN(C(=O)C2CCC3CCCCC3N2)CC1C. The second-order valence-electron chi connectivity index (χ2n) is 7.48. The molecule has 0 aromatic carbocycles. The third kappa shape index (κ3) is 2.88. The van der Waals surface area contributed by atoms with Gasteiger partial charge in [-0.2, -0.15) is 0 Å². The van der Waals surface area contributed by atoms with Crippen LogP contribution in [0.2, 0.25) is 0 Å². The second kappa shape index (κ2) is 6.05. The summed E-state index contributed by atoms with van der Waals surface area (Å²) in [6.07, 6.45) is 8.87. The van der Waals surface area contributed by atoms with Crippen LogP contribution in [0, 0.1) is 17.8 Å². The van der Waals surface area contributed by atoms with E-state index in [1.807, 2.05) is 0 Å². The Morgan fingerprint density at radius 2 is 1.80 bits per heavy atom. The monoisotopic (exact) mass is 278 g/mol. The highest BCUT2D eigenvalue weighted by molar-refractivity contribution is 5.82. The molecule has 1 N–H and O–H groups in total. The van der Waals surface area contributed by atoms with Crippen molar-refractivity contribution in [3.8, 4) is 0 Å². The Balaban J connectivity index is 1.57. The molecule has 3 heteroatoms. The van der Waals surface area contributed by atoms with Gasteiger partial charge in [0.1, 0.15) is 0 Å². The molecule has 3 fully saturated rings. The van der Waals surface area contributed by atoms with E-state index >= 15 is 0 Å². The van der Waals surface area contributed by atoms with Crippen LogP contribution in [0.3, 0.4) is 0 Å². The molecule has 0 radical (unpaired) electrons. The maximum Gasteiger partial charge on any atom is 0.239 e. The number of piperidine rings is 2. The van der Waals surface area contributed by atoms with E-state index in [4.69, 9.17) is 0 Å². The van der Waals surface area contributed by atoms with Gasteiger partial charge in [0.2, 0.25) is 5.91 Å². The summed E-state index contributed by atoms with van der Waals surface area (Å²) in [6, 6.07) is 0.725. The van der Waals surface area contributed by atoms with E-state index in [2.05, 4.69) is 24.1 Å². The molecule has 0 aromatic heterocycles. The molecular formula is C17H30N2O. The lowest BCUT2D eigenvalue weighted by atomic mass is 9.77. The lowest BCUT2D eigenvalue weighted by molar-refractivity contribution is -0.137. The molecule has 114 valence electrons. The molecule has 2 saturated heterocycles. The lowest BCUT2D eigenvalue weighted by Crippen LogP contribution is -2.57. The summed E-state index contributed by atoms with van der Waals surface area (Å²) in [4.78, 5) is 14.9. The molecule has 0 bridgehead atoms. The Bertz CT molecular complexity index is 357. The number of nitrogens with zero attached hydrogens (tertiary/aromatic N) is 1. The zero-order valence-corrected chi connectivity index (χ0v) is 13.1. The van der Waals surface area contributed by atoms with Crippen molar-refractivity contribution in [1.29, 1.82) is 0 Å². The smallest absolute Gasteiger partial charge is 0.239 e. The van der Waals surface area contributed by atoms with Gasteiger partial charge in [-0.3, -0.25) is 4.79 Å². The standard InChI is InChI=1S/C17H30N2O/c1-12-9-10-19(11-13(12)2)17(20)16-8-7-14-5-3-4-6-15(14)18-16/h12-16,18H,3-11H2,1-2H3. The summed E-state index contributed by atoms with van der Waals surface area (Å²) in [5.74, 6) is 2.64. The van der Waals surface area contributed by atoms with Gasteiger partial charge in [-0.15, -0.1) is 0 Å². The van der Waals surface area contributed by atoms with Gasteiger partial charge in [0.25, 0.3) is 0 Å². The van der Waals surface area contributed by atoms with Crippen molar-refractivity contribution in [2.45, 2.75) is 70.9 Å². The third-order valence-corrected chi connectivity index (χ3v) is 6.09. The minimum Gasteiger partial charge on any atom is -0.341 e. The molecular weight excluding hydrogens is 248 g/mol. The van der Waals surface area contributed by atoms with Crippen LogP contribution in [0.5, 0.6) is 0 Å². The number of amides is 1. The average Bonchev–Trinajstić information content (AvgIpc) is 2.49. The molecule has 1 amide bonds. The maximum atomic E-state index is 12.7. The second-order valence-corrected chi connectivity index (χ2v) is 7.48. The van der Waals surface area contributed by atoms with E-state index in [-0.39, 0.29) is 6.04 Å². The molecule has 5 unspecified atom stereocenters. The number of carbonyl (C=O) groups excluding carboxylic acids is 1. The van der Waals surface area contributed by atoms with E-state index in [1.54, 1.807) is 0 Å². The van der Waals surface area contributed by atoms with Crippen molar-refractivity contribution in [3.05, 3.63) is 0 Å². The van der Waals surface area contributed by atoms with Gasteiger partial charge in [0, 0.05) is 19.1 Å². The first kappa shape index (κ1) is 14.4. The normalized spacial score (nSPS) is 42.1. The van der Waals surface area contributed by atoms with E-state index in [0.717, 1.165) is 31.3 Å². The summed E-state index contributed by atoms with van der Waals surface area (Å²) < 4.78 is 0. The van der Waals surface area contributed by atoms with Gasteiger partial charge in [0.15, 0.2) is 0 Å². The minimum absolute atomic E-state index is 0.106. The van der Waals surface area contributed by atoms with E-state index in [0.29, 0.717) is 17.9 Å². The fraction of sp³-hybridized carbons (Fsp3) is 0.941. The number of hydrogen-bond donors (Lipinski definition) is 1. The van der Waals surface area contributed by atoms with Gasteiger partial charge in [-0.1, -0.05) is 26.7 Å². The van der Waals surface area contributed by atoms with E-state index in [9.17, 15) is 4.79 Å². The summed E-state index contributed by atoms with van der Waals surface area (Å²) in [6.45, 7) is 6.54. The van der Waals surface area contributed by atoms with E-state index < -0.39 is 0 Å². The summed E-state index contributed by atoms with van der Waals surface area (Å²) in [5.41, 5.74) is 0. The van der Waals surface area contributed by atoms with Crippen molar-refractivity contribution < 1.29 is 4.79 Å². The molecule has 1 saturated carbocycles. The highest BCUT2D eigenvalue weighted by atomic mass is 16.2. The first-order valence-electron chi connectivity index (χ1n) is 8.70. The molecule has 20 heavy (non-hydrogen) atoms. The maximum absolute atomic E-state index is 12.7. The fourth-order valence-corrected chi connectivity index (χ4v) is 4.37. The Kier molecular flexibility index (Phi) is 4.34. The topological polar surface area (TPSA) is 32.3 Å². The van der Waals surface area contributed by atoms with Gasteiger partial charge in [-0.25, -0.2) is 0 Å². The number of rotatable bonds is 1. The number of likely N-dealkylation sites (tertiary alicyclic amines) is 1. The van der Waals surface area contributed by atoms with Crippen LogP contribution in [0.4, 0.5) is 0 Å². The van der Waals surface area contributed by atoms with Crippen molar-refractivity contribution in [1.82, 2.24) is 10.2 Å². The zero-order valence-electron chi connectivity index (χ0n) is 13.1. The van der Waals surface area contributed by atoms with Crippen LogP contribution in [-0.2, 0) is 4.79 Å². The number of carbonyl (C=O) groups is 1. The first-order valence-corrected chi connectivity index (χ1v) is 8.70. The molecule has 0 spiro atoms. The Hall–Kier alpha value is -0.570. The fourth-order valence-electron chi connectivity index (χ4n) is 4.37. The number of nitrogens with one attached hydrogen (secondary N) is 1. The molecule has 1 aliphatic carbocycles. The van der Waals surface area contributed by atoms with Gasteiger partial charge >= 0.3 is 0 Å². The van der Waals surface area contributed by atoms with Crippen molar-refractivity contribution in [3.63, 3.8) is 0 Å². The molecule has 2 aliphatic heterocycles. The first-order chi connectivity index (χ1) is 9.65. The van der Waals surface area contributed by atoms with Gasteiger partial charge in [-0.05, 0) is 49.9 Å². The van der Waals surface area contributed by atoms with Crippen LogP contribution >= 0.6 is 0 Å². The van der Waals surface area contributed by atoms with Crippen molar-refractivity contribution in [2.75, 3.05) is 13.1 Å². The van der Waals surface area contributed by atoms with Crippen molar-refractivity contribution >= 4 is 5.91 Å². The van der Waals surface area contributed by atoms with E-state index in [1.165, 1.54) is 38.5 Å². The Morgan fingerprint density at radius 1 is 1.00 bits per heavy atom. The van der Waals surface area contributed by atoms with Crippen LogP contribution in [0.25, 0.3) is 0 Å². The summed E-state index contributed by atoms with van der Waals surface area (Å²) in [7, 11) is 0. The predicted octanol–water partition coefficient (Wildman–Crippen LogP) is 2.80. The Labute approximate surface area is 123 Å². The molecule has 5 atom stereocenters. The van der Waals surface area contributed by atoms with Crippen LogP contribution in [0.15, 0.2) is 0 Å². The molecule has 3 rings (SSSR count). The third-order valence-electron chi connectivity index (χ3n) is 6.09. The number of hydrogen-bond acceptors (Lipinski definition) is 2. The highest BCUT2D eigenvalue weighted by Gasteiger charge is 2.37. The average molecular weight is 278 g/mol. The molecule has 0 aromatic rings. The van der Waals surface area contributed by atoms with Crippen LogP contribution in [-0.4, -0.2) is 36.0 Å². The predicted molar refractivity (Wildman–Crippen MR) is 81.4 cm³/mol. The van der Waals surface area contributed by atoms with Crippen LogP contribution < -0.4 is 5.32 Å². The Morgan fingerprint density at radius 3 is 2.60 bits per heavy atom. The quantitative estimate of drug-likeness (QED) is 0.800. The molecule has 3 nitrogen and oxygen atoms in total. The minimum atomic E-state index is 0.106.